The van der Waals surface area contributed by atoms with Crippen LogP contribution in [0.15, 0.2) is 87.7 Å². The molecule has 35 heavy (non-hydrogen) atoms. The molecule has 4 aromatic carbocycles. The van der Waals surface area contributed by atoms with E-state index in [1.54, 1.807) is 13.8 Å². The lowest BCUT2D eigenvalue weighted by molar-refractivity contribution is -0.0893. The molecule has 2 heterocycles. The van der Waals surface area contributed by atoms with Gasteiger partial charge in [0.05, 0.1) is 11.2 Å². The number of aliphatic hydroxyl groups is 1. The smallest absolute Gasteiger partial charge is 0.310 e. The Kier molecular flexibility index (Phi) is 4.86. The topological polar surface area (TPSA) is 55.7 Å². The van der Waals surface area contributed by atoms with Crippen molar-refractivity contribution in [3.05, 3.63) is 78.9 Å². The van der Waals surface area contributed by atoms with Crippen molar-refractivity contribution < 1.29 is 18.6 Å². The molecule has 1 N–H and O–H groups in total. The third-order valence-corrected chi connectivity index (χ3v) is 7.36. The number of furan rings is 2. The summed E-state index contributed by atoms with van der Waals surface area (Å²) in [6, 6.07) is 26.7. The molecule has 0 spiro atoms. The standard InChI is InChI=1S/C30H27BO4/c1-29(2,32)30(3,4)35-31-22-11-8-14-25-28(22)27-19(10-7-13-24(27)34-25)18-15-16-21-20-9-5-6-12-23(20)33-26(21)17-18/h5-17,31-32H,1-4H3. The Labute approximate surface area is 204 Å². The van der Waals surface area contributed by atoms with Crippen LogP contribution in [0.4, 0.5) is 0 Å². The summed E-state index contributed by atoms with van der Waals surface area (Å²) in [6.07, 6.45) is 0. The van der Waals surface area contributed by atoms with Gasteiger partial charge in [-0.3, -0.25) is 0 Å². The van der Waals surface area contributed by atoms with Crippen molar-refractivity contribution in [1.82, 2.24) is 0 Å². The highest BCUT2D eigenvalue weighted by Crippen LogP contribution is 2.38. The lowest BCUT2D eigenvalue weighted by Gasteiger charge is -2.37. The molecule has 0 unspecified atom stereocenters. The van der Waals surface area contributed by atoms with Gasteiger partial charge >= 0.3 is 7.48 Å². The molecule has 6 aromatic rings. The first-order valence-corrected chi connectivity index (χ1v) is 11.9. The number of hydrogen-bond donors (Lipinski definition) is 1. The van der Waals surface area contributed by atoms with Gasteiger partial charge in [0.1, 0.15) is 22.3 Å². The van der Waals surface area contributed by atoms with Gasteiger partial charge < -0.3 is 18.6 Å². The first-order valence-electron chi connectivity index (χ1n) is 11.9. The summed E-state index contributed by atoms with van der Waals surface area (Å²) < 4.78 is 18.7. The molecule has 0 aliphatic heterocycles. The fourth-order valence-electron chi connectivity index (χ4n) is 4.63. The van der Waals surface area contributed by atoms with Crippen molar-refractivity contribution in [2.45, 2.75) is 38.9 Å². The molecule has 6 rings (SSSR count). The van der Waals surface area contributed by atoms with Crippen molar-refractivity contribution >= 4 is 56.8 Å². The highest BCUT2D eigenvalue weighted by atomic mass is 16.5. The lowest BCUT2D eigenvalue weighted by Crippen LogP contribution is -2.49. The summed E-state index contributed by atoms with van der Waals surface area (Å²) in [4.78, 5) is 0. The van der Waals surface area contributed by atoms with E-state index in [2.05, 4.69) is 36.4 Å². The number of benzene rings is 4. The van der Waals surface area contributed by atoms with E-state index >= 15 is 0 Å². The van der Waals surface area contributed by atoms with Gasteiger partial charge in [-0.1, -0.05) is 48.5 Å². The highest BCUT2D eigenvalue weighted by Gasteiger charge is 2.36. The number of hydrogen-bond acceptors (Lipinski definition) is 4. The molecule has 0 saturated heterocycles. The fraction of sp³-hybridized carbons (Fsp3) is 0.200. The van der Waals surface area contributed by atoms with Gasteiger partial charge in [-0.2, -0.15) is 0 Å². The summed E-state index contributed by atoms with van der Waals surface area (Å²) in [5.74, 6) is 0. The lowest BCUT2D eigenvalue weighted by atomic mass is 9.80. The predicted molar refractivity (Wildman–Crippen MR) is 145 cm³/mol. The van der Waals surface area contributed by atoms with Crippen LogP contribution in [0.1, 0.15) is 27.7 Å². The predicted octanol–water partition coefficient (Wildman–Crippen LogP) is 6.70. The van der Waals surface area contributed by atoms with Gasteiger partial charge in [0, 0.05) is 21.5 Å². The summed E-state index contributed by atoms with van der Waals surface area (Å²) in [5.41, 5.74) is 4.88. The summed E-state index contributed by atoms with van der Waals surface area (Å²) >= 11 is 0. The Bertz CT molecular complexity index is 1720. The average molecular weight is 462 g/mol. The molecule has 0 radical (unpaired) electrons. The zero-order valence-electron chi connectivity index (χ0n) is 20.4. The molecule has 174 valence electrons. The maximum absolute atomic E-state index is 10.5. The van der Waals surface area contributed by atoms with Crippen molar-refractivity contribution in [2.75, 3.05) is 0 Å². The van der Waals surface area contributed by atoms with Crippen LogP contribution < -0.4 is 5.46 Å². The van der Waals surface area contributed by atoms with Gasteiger partial charge in [0.15, 0.2) is 0 Å². The molecular formula is C30H27BO4. The minimum atomic E-state index is -0.980. The SMILES string of the molecule is CC(C)(O)C(C)(C)OBc1cccc2oc3cccc(-c4ccc5c(c4)oc4ccccc45)c3c12. The van der Waals surface area contributed by atoms with Crippen molar-refractivity contribution in [2.24, 2.45) is 0 Å². The van der Waals surface area contributed by atoms with Crippen LogP contribution in [-0.2, 0) is 4.65 Å². The van der Waals surface area contributed by atoms with E-state index < -0.39 is 11.2 Å². The maximum Gasteiger partial charge on any atom is 0.310 e. The van der Waals surface area contributed by atoms with Crippen LogP contribution in [-0.4, -0.2) is 23.8 Å². The number of para-hydroxylation sites is 1. The van der Waals surface area contributed by atoms with Crippen LogP contribution in [0.2, 0.25) is 0 Å². The van der Waals surface area contributed by atoms with E-state index in [9.17, 15) is 5.11 Å². The molecule has 0 fully saturated rings. The Hall–Kier alpha value is -3.54. The van der Waals surface area contributed by atoms with E-state index in [1.807, 2.05) is 56.3 Å². The maximum atomic E-state index is 10.5. The fourth-order valence-corrected chi connectivity index (χ4v) is 4.63. The minimum absolute atomic E-state index is 0.361. The Morgan fingerprint density at radius 3 is 2.14 bits per heavy atom. The number of fused-ring (bicyclic) bond motifs is 6. The van der Waals surface area contributed by atoms with Crippen LogP contribution in [0.25, 0.3) is 55.0 Å². The van der Waals surface area contributed by atoms with E-state index in [-0.39, 0.29) is 0 Å². The van der Waals surface area contributed by atoms with Crippen molar-refractivity contribution in [1.29, 1.82) is 0 Å². The molecule has 0 aliphatic carbocycles. The summed E-state index contributed by atoms with van der Waals surface area (Å²) in [6.45, 7) is 7.36. The van der Waals surface area contributed by atoms with E-state index in [0.29, 0.717) is 7.48 Å². The van der Waals surface area contributed by atoms with Gasteiger partial charge in [0.25, 0.3) is 0 Å². The van der Waals surface area contributed by atoms with E-state index in [0.717, 1.165) is 60.5 Å². The molecule has 0 amide bonds. The average Bonchev–Trinajstić information content (AvgIpc) is 3.40. The van der Waals surface area contributed by atoms with E-state index in [4.69, 9.17) is 13.5 Å². The first-order chi connectivity index (χ1) is 16.7. The molecule has 4 nitrogen and oxygen atoms in total. The van der Waals surface area contributed by atoms with Crippen molar-refractivity contribution in [3.8, 4) is 11.1 Å². The largest absolute Gasteiger partial charge is 0.456 e. The van der Waals surface area contributed by atoms with Crippen LogP contribution in [0.5, 0.6) is 0 Å². The number of rotatable bonds is 5. The third-order valence-electron chi connectivity index (χ3n) is 7.36. The molecule has 2 aromatic heterocycles. The Morgan fingerprint density at radius 2 is 1.34 bits per heavy atom. The first kappa shape index (κ1) is 22.0. The normalized spacial score (nSPS) is 12.8. The second-order valence-corrected chi connectivity index (χ2v) is 10.2. The van der Waals surface area contributed by atoms with Crippen LogP contribution >= 0.6 is 0 Å². The zero-order valence-corrected chi connectivity index (χ0v) is 20.4. The Balaban J connectivity index is 1.52. The second kappa shape index (κ2) is 7.74. The van der Waals surface area contributed by atoms with Crippen molar-refractivity contribution in [3.63, 3.8) is 0 Å². The summed E-state index contributed by atoms with van der Waals surface area (Å²) in [7, 11) is 0.361. The van der Waals surface area contributed by atoms with Gasteiger partial charge in [0.2, 0.25) is 0 Å². The second-order valence-electron chi connectivity index (χ2n) is 10.2. The zero-order chi connectivity index (χ0) is 24.4. The Morgan fingerprint density at radius 1 is 0.686 bits per heavy atom. The van der Waals surface area contributed by atoms with Gasteiger partial charge in [-0.25, -0.2) is 0 Å². The monoisotopic (exact) mass is 462 g/mol. The van der Waals surface area contributed by atoms with Gasteiger partial charge in [-0.05, 0) is 74.6 Å². The van der Waals surface area contributed by atoms with Gasteiger partial charge in [-0.15, -0.1) is 0 Å². The minimum Gasteiger partial charge on any atom is -0.456 e. The molecular weight excluding hydrogens is 435 g/mol. The summed E-state index contributed by atoms with van der Waals surface area (Å²) in [5, 5.41) is 14.9. The quantitative estimate of drug-likeness (QED) is 0.290. The highest BCUT2D eigenvalue weighted by molar-refractivity contribution is 6.53. The molecule has 0 atom stereocenters. The molecule has 0 saturated carbocycles. The molecule has 0 bridgehead atoms. The van der Waals surface area contributed by atoms with E-state index in [1.165, 1.54) is 0 Å². The third kappa shape index (κ3) is 3.54. The van der Waals surface area contributed by atoms with Crippen LogP contribution in [0.3, 0.4) is 0 Å². The molecule has 0 aliphatic rings. The van der Waals surface area contributed by atoms with Crippen LogP contribution in [0, 0.1) is 0 Å². The molecule has 5 heteroatoms.